The van der Waals surface area contributed by atoms with Crippen molar-refractivity contribution in [3.8, 4) is 0 Å². The van der Waals surface area contributed by atoms with Crippen LogP contribution in [0.15, 0.2) is 70.4 Å². The van der Waals surface area contributed by atoms with Crippen molar-refractivity contribution in [2.45, 2.75) is 39.2 Å². The Kier molecular flexibility index (Phi) is 6.21. The van der Waals surface area contributed by atoms with E-state index in [2.05, 4.69) is 80.7 Å². The zero-order valence-corrected chi connectivity index (χ0v) is 23.5. The van der Waals surface area contributed by atoms with Crippen LogP contribution in [0.4, 0.5) is 21.5 Å². The number of morpholine rings is 1. The average Bonchev–Trinajstić information content (AvgIpc) is 3.09. The van der Waals surface area contributed by atoms with Gasteiger partial charge in [-0.2, -0.15) is 0 Å². The van der Waals surface area contributed by atoms with Gasteiger partial charge in [-0.3, -0.25) is 0 Å². The standard InChI is InChI=1S/C30H34FN4O2P/c1-20-6-12-24(13-7-20)33-38(35-14-16-36-17-15-35)28-18-25-27(34(5)21(2)30(25,3)4)19-26(28)32-29(37-38)22-8-10-23(31)11-9-22/h6-13,18-19,21H,14-17H2,1-5H3. The molecule has 198 valence electrons. The molecule has 3 aromatic rings. The van der Waals surface area contributed by atoms with Crippen molar-refractivity contribution in [3.05, 3.63) is 83.2 Å². The highest BCUT2D eigenvalue weighted by Crippen LogP contribution is 2.61. The molecular formula is C30H34FN4O2P. The summed E-state index contributed by atoms with van der Waals surface area (Å²) < 4.78 is 34.4. The van der Waals surface area contributed by atoms with Gasteiger partial charge < -0.3 is 14.2 Å². The van der Waals surface area contributed by atoms with Crippen molar-refractivity contribution in [1.29, 1.82) is 0 Å². The predicted octanol–water partition coefficient (Wildman–Crippen LogP) is 6.68. The van der Waals surface area contributed by atoms with E-state index in [1.807, 2.05) is 0 Å². The summed E-state index contributed by atoms with van der Waals surface area (Å²) in [6.45, 7) is 11.6. The summed E-state index contributed by atoms with van der Waals surface area (Å²) >= 11 is 0. The second-order valence-electron chi connectivity index (χ2n) is 10.9. The minimum atomic E-state index is -2.82. The Labute approximate surface area is 224 Å². The molecule has 3 aliphatic heterocycles. The molecule has 3 aliphatic rings. The third-order valence-electron chi connectivity index (χ3n) is 8.29. The maximum atomic E-state index is 13.8. The molecular weight excluding hydrogens is 498 g/mol. The van der Waals surface area contributed by atoms with Crippen LogP contribution in [0.3, 0.4) is 0 Å². The highest BCUT2D eigenvalue weighted by atomic mass is 31.2. The quantitative estimate of drug-likeness (QED) is 0.353. The van der Waals surface area contributed by atoms with Crippen LogP contribution in [0.2, 0.25) is 0 Å². The highest BCUT2D eigenvalue weighted by Gasteiger charge is 2.46. The molecule has 0 radical (unpaired) electrons. The first-order valence-electron chi connectivity index (χ1n) is 13.2. The minimum absolute atomic E-state index is 0.0510. The fourth-order valence-corrected chi connectivity index (χ4v) is 8.61. The highest BCUT2D eigenvalue weighted by molar-refractivity contribution is 7.68. The molecule has 3 aromatic carbocycles. The maximum absolute atomic E-state index is 13.8. The van der Waals surface area contributed by atoms with Gasteiger partial charge >= 0.3 is 0 Å². The van der Waals surface area contributed by atoms with Crippen molar-refractivity contribution >= 4 is 35.7 Å². The summed E-state index contributed by atoms with van der Waals surface area (Å²) in [6.07, 6.45) is 0. The number of hydrogen-bond donors (Lipinski definition) is 0. The molecule has 6 rings (SSSR count). The first kappa shape index (κ1) is 25.3. The van der Waals surface area contributed by atoms with Crippen LogP contribution in [0, 0.1) is 12.7 Å². The van der Waals surface area contributed by atoms with E-state index in [-0.39, 0.29) is 11.2 Å². The molecule has 0 aromatic heterocycles. The van der Waals surface area contributed by atoms with E-state index >= 15 is 0 Å². The van der Waals surface area contributed by atoms with Gasteiger partial charge in [0, 0.05) is 42.8 Å². The van der Waals surface area contributed by atoms with Crippen molar-refractivity contribution < 1.29 is 13.7 Å². The minimum Gasteiger partial charge on any atom is -0.424 e. The average molecular weight is 533 g/mol. The van der Waals surface area contributed by atoms with Crippen LogP contribution >= 0.6 is 7.43 Å². The van der Waals surface area contributed by atoms with Crippen molar-refractivity contribution in [2.75, 3.05) is 38.3 Å². The third kappa shape index (κ3) is 4.08. The maximum Gasteiger partial charge on any atom is 0.242 e. The zero-order chi connectivity index (χ0) is 26.7. The SMILES string of the molecule is Cc1ccc(N=P2(N3CCOCC3)OC(c3ccc(F)cc3)=Nc3cc4c(cc32)C(C)(C)C(C)N4C)cc1. The third-order valence-corrected chi connectivity index (χ3v) is 11.4. The van der Waals surface area contributed by atoms with Crippen molar-refractivity contribution in [3.63, 3.8) is 0 Å². The summed E-state index contributed by atoms with van der Waals surface area (Å²) in [5.41, 5.74) is 6.06. The van der Waals surface area contributed by atoms with Gasteiger partial charge in [0.05, 0.1) is 29.9 Å². The van der Waals surface area contributed by atoms with Crippen LogP contribution in [0.1, 0.15) is 37.5 Å². The molecule has 0 N–H and O–H groups in total. The van der Waals surface area contributed by atoms with Gasteiger partial charge in [0.1, 0.15) is 5.82 Å². The molecule has 3 heterocycles. The number of nitrogens with zero attached hydrogens (tertiary/aromatic N) is 4. The number of fused-ring (bicyclic) bond motifs is 2. The molecule has 2 unspecified atom stereocenters. The Bertz CT molecular complexity index is 1460. The zero-order valence-electron chi connectivity index (χ0n) is 22.6. The smallest absolute Gasteiger partial charge is 0.242 e. The summed E-state index contributed by atoms with van der Waals surface area (Å²) in [5, 5.41) is 1.03. The number of ether oxygens (including phenoxy) is 1. The van der Waals surface area contributed by atoms with Gasteiger partial charge in [-0.15, -0.1) is 0 Å². The Morgan fingerprint density at radius 3 is 2.39 bits per heavy atom. The van der Waals surface area contributed by atoms with E-state index in [1.165, 1.54) is 28.9 Å². The van der Waals surface area contributed by atoms with Crippen LogP contribution < -0.4 is 10.2 Å². The number of halogens is 1. The van der Waals surface area contributed by atoms with E-state index in [1.54, 1.807) is 12.1 Å². The van der Waals surface area contributed by atoms with E-state index in [9.17, 15) is 4.39 Å². The Morgan fingerprint density at radius 1 is 1.03 bits per heavy atom. The molecule has 38 heavy (non-hydrogen) atoms. The van der Waals surface area contributed by atoms with Crippen LogP contribution in [-0.4, -0.2) is 50.0 Å². The molecule has 1 saturated heterocycles. The summed E-state index contributed by atoms with van der Waals surface area (Å²) in [7, 11) is -0.670. The number of benzene rings is 3. The van der Waals surface area contributed by atoms with Crippen LogP contribution in [0.5, 0.6) is 0 Å². The Hall–Kier alpha value is -2.99. The molecule has 1 fully saturated rings. The molecule has 0 spiro atoms. The first-order valence-corrected chi connectivity index (χ1v) is 14.8. The fraction of sp³-hybridized carbons (Fsp3) is 0.367. The van der Waals surface area contributed by atoms with Crippen LogP contribution in [-0.2, 0) is 14.7 Å². The lowest BCUT2D eigenvalue weighted by Crippen LogP contribution is -2.39. The van der Waals surface area contributed by atoms with E-state index < -0.39 is 7.43 Å². The van der Waals surface area contributed by atoms with Crippen LogP contribution in [0.25, 0.3) is 0 Å². The molecule has 8 heteroatoms. The van der Waals surface area contributed by atoms with E-state index in [0.29, 0.717) is 38.2 Å². The summed E-state index contributed by atoms with van der Waals surface area (Å²) in [6, 6.07) is 19.4. The molecule has 0 saturated carbocycles. The van der Waals surface area contributed by atoms with Gasteiger partial charge in [-0.1, -0.05) is 31.5 Å². The Morgan fingerprint density at radius 2 is 1.71 bits per heavy atom. The molecule has 0 amide bonds. The molecule has 6 nitrogen and oxygen atoms in total. The number of aryl methyl sites for hydroxylation is 1. The molecule has 0 bridgehead atoms. The second-order valence-corrected chi connectivity index (χ2v) is 13.4. The van der Waals surface area contributed by atoms with Crippen molar-refractivity contribution in [1.82, 2.24) is 4.67 Å². The van der Waals surface area contributed by atoms with Gasteiger partial charge in [0.25, 0.3) is 0 Å². The van der Waals surface area contributed by atoms with E-state index in [0.717, 1.165) is 22.2 Å². The van der Waals surface area contributed by atoms with Gasteiger partial charge in [0.2, 0.25) is 13.3 Å². The topological polar surface area (TPSA) is 49.7 Å². The predicted molar refractivity (Wildman–Crippen MR) is 153 cm³/mol. The first-order chi connectivity index (χ1) is 18.2. The number of hydrogen-bond acceptors (Lipinski definition) is 5. The largest absolute Gasteiger partial charge is 0.424 e. The van der Waals surface area contributed by atoms with Crippen molar-refractivity contribution in [2.24, 2.45) is 9.74 Å². The lowest BCUT2D eigenvalue weighted by atomic mass is 9.81. The van der Waals surface area contributed by atoms with Gasteiger partial charge in [0.15, 0.2) is 0 Å². The fourth-order valence-electron chi connectivity index (χ4n) is 5.56. The van der Waals surface area contributed by atoms with Gasteiger partial charge in [-0.25, -0.2) is 18.8 Å². The number of likely N-dealkylation sites (N-methyl/N-ethyl adjacent to an activating group) is 1. The molecule has 2 atom stereocenters. The number of rotatable bonds is 3. The molecule has 0 aliphatic carbocycles. The Balaban J connectivity index is 1.65. The van der Waals surface area contributed by atoms with E-state index in [4.69, 9.17) is 19.0 Å². The monoisotopic (exact) mass is 532 g/mol. The lowest BCUT2D eigenvalue weighted by molar-refractivity contribution is 0.0716. The normalized spacial score (nSPS) is 24.3. The number of anilines is 1. The summed E-state index contributed by atoms with van der Waals surface area (Å²) in [5.74, 6) is 0.181. The second kappa shape index (κ2) is 9.33. The lowest BCUT2D eigenvalue weighted by Gasteiger charge is -2.41. The van der Waals surface area contributed by atoms with Gasteiger partial charge in [-0.05, 0) is 67.9 Å². The number of aliphatic imine (C=N–C) groups is 1. The summed E-state index contributed by atoms with van der Waals surface area (Å²) in [4.78, 5) is 7.37.